The highest BCUT2D eigenvalue weighted by molar-refractivity contribution is 5.92. The number of amides is 1. The highest BCUT2D eigenvalue weighted by Crippen LogP contribution is 2.22. The Morgan fingerprint density at radius 3 is 2.52 bits per heavy atom. The third-order valence-corrected chi connectivity index (χ3v) is 3.89. The van der Waals surface area contributed by atoms with Crippen molar-refractivity contribution in [2.45, 2.75) is 39.2 Å². The number of rotatable bonds is 4. The molecule has 1 aromatic rings. The molecule has 1 aliphatic rings. The van der Waals surface area contributed by atoms with Gasteiger partial charge in [0.15, 0.2) is 0 Å². The fourth-order valence-corrected chi connectivity index (χ4v) is 2.54. The van der Waals surface area contributed by atoms with Crippen LogP contribution in [-0.4, -0.2) is 36.1 Å². The van der Waals surface area contributed by atoms with Crippen LogP contribution in [0.3, 0.4) is 0 Å². The lowest BCUT2D eigenvalue weighted by atomic mass is 9.95. The van der Waals surface area contributed by atoms with Crippen LogP contribution >= 0.6 is 0 Å². The first-order valence-electron chi connectivity index (χ1n) is 7.61. The lowest BCUT2D eigenvalue weighted by Crippen LogP contribution is -2.43. The van der Waals surface area contributed by atoms with Gasteiger partial charge in [-0.2, -0.15) is 0 Å². The van der Waals surface area contributed by atoms with Crippen LogP contribution in [0, 0.1) is 5.92 Å². The molecule has 0 aromatic carbocycles. The van der Waals surface area contributed by atoms with Crippen LogP contribution in [0.1, 0.15) is 44.0 Å². The first kappa shape index (κ1) is 15.8. The lowest BCUT2D eigenvalue weighted by Gasteiger charge is -2.34. The van der Waals surface area contributed by atoms with Gasteiger partial charge in [-0.25, -0.2) is 4.98 Å². The maximum atomic E-state index is 11.0. The van der Waals surface area contributed by atoms with Crippen molar-refractivity contribution in [3.05, 3.63) is 23.9 Å². The molecule has 0 atom stereocenters. The Bertz CT molecular complexity index is 470. The number of carbonyl (C=O) groups is 1. The largest absolute Gasteiger partial charge is 0.366 e. The fourth-order valence-electron chi connectivity index (χ4n) is 2.54. The van der Waals surface area contributed by atoms with E-state index in [-0.39, 0.29) is 5.54 Å². The molecule has 116 valence electrons. The first-order valence-corrected chi connectivity index (χ1v) is 7.61. The van der Waals surface area contributed by atoms with Crippen LogP contribution in [0.25, 0.3) is 0 Å². The zero-order valence-corrected chi connectivity index (χ0v) is 13.2. The predicted molar refractivity (Wildman–Crippen MR) is 85.4 cm³/mol. The average Bonchev–Trinajstić information content (AvgIpc) is 2.45. The number of piperidine rings is 1. The van der Waals surface area contributed by atoms with Gasteiger partial charge in [0.25, 0.3) is 0 Å². The number of hydrogen-bond acceptors (Lipinski definition) is 4. The van der Waals surface area contributed by atoms with Crippen molar-refractivity contribution in [2.24, 2.45) is 11.7 Å². The van der Waals surface area contributed by atoms with E-state index in [4.69, 9.17) is 5.73 Å². The van der Waals surface area contributed by atoms with Gasteiger partial charge in [-0.05, 0) is 58.2 Å². The van der Waals surface area contributed by atoms with E-state index >= 15 is 0 Å². The van der Waals surface area contributed by atoms with E-state index in [9.17, 15) is 4.79 Å². The van der Waals surface area contributed by atoms with Crippen molar-refractivity contribution in [2.75, 3.05) is 24.5 Å². The Morgan fingerprint density at radius 1 is 1.38 bits per heavy atom. The Labute approximate surface area is 126 Å². The van der Waals surface area contributed by atoms with Crippen molar-refractivity contribution in [1.82, 2.24) is 10.3 Å². The average molecular weight is 290 g/mol. The van der Waals surface area contributed by atoms with E-state index in [1.807, 2.05) is 6.07 Å². The summed E-state index contributed by atoms with van der Waals surface area (Å²) >= 11 is 0. The van der Waals surface area contributed by atoms with E-state index in [1.54, 1.807) is 12.3 Å². The summed E-state index contributed by atoms with van der Waals surface area (Å²) in [4.78, 5) is 17.7. The molecule has 2 heterocycles. The quantitative estimate of drug-likeness (QED) is 0.887. The normalized spacial score (nSPS) is 17.0. The molecule has 5 heteroatoms. The minimum absolute atomic E-state index is 0.184. The number of nitrogens with two attached hydrogens (primary N) is 1. The van der Waals surface area contributed by atoms with Crippen LogP contribution in [0.5, 0.6) is 0 Å². The Morgan fingerprint density at radius 2 is 2.05 bits per heavy atom. The van der Waals surface area contributed by atoms with E-state index in [2.05, 4.69) is 36.0 Å². The van der Waals surface area contributed by atoms with Crippen LogP contribution < -0.4 is 16.0 Å². The van der Waals surface area contributed by atoms with Crippen LogP contribution in [-0.2, 0) is 0 Å². The zero-order valence-electron chi connectivity index (χ0n) is 13.2. The second kappa shape index (κ2) is 6.43. The van der Waals surface area contributed by atoms with Gasteiger partial charge in [-0.15, -0.1) is 0 Å². The maximum absolute atomic E-state index is 11.0. The third kappa shape index (κ3) is 4.70. The predicted octanol–water partition coefficient (Wildman–Crippen LogP) is 1.78. The Balaban J connectivity index is 1.84. The summed E-state index contributed by atoms with van der Waals surface area (Å²) in [6.07, 6.45) is 3.90. The molecule has 1 aliphatic heterocycles. The molecular formula is C16H26N4O. The van der Waals surface area contributed by atoms with Gasteiger partial charge in [-0.1, -0.05) is 0 Å². The van der Waals surface area contributed by atoms with Crippen LogP contribution in [0.4, 0.5) is 5.82 Å². The maximum Gasteiger partial charge on any atom is 0.250 e. The smallest absolute Gasteiger partial charge is 0.250 e. The summed E-state index contributed by atoms with van der Waals surface area (Å²) in [6, 6.07) is 3.63. The van der Waals surface area contributed by atoms with Gasteiger partial charge in [0.1, 0.15) is 5.82 Å². The number of hydrogen-bond donors (Lipinski definition) is 2. The number of primary amides is 1. The molecule has 0 saturated carbocycles. The van der Waals surface area contributed by atoms with Crippen molar-refractivity contribution in [3.63, 3.8) is 0 Å². The molecule has 1 amide bonds. The number of nitrogens with one attached hydrogen (secondary N) is 1. The third-order valence-electron chi connectivity index (χ3n) is 3.89. The minimum atomic E-state index is -0.430. The molecule has 0 bridgehead atoms. The van der Waals surface area contributed by atoms with Crippen molar-refractivity contribution < 1.29 is 4.79 Å². The van der Waals surface area contributed by atoms with Gasteiger partial charge in [0.2, 0.25) is 5.91 Å². The summed E-state index contributed by atoms with van der Waals surface area (Å²) in [7, 11) is 0. The molecule has 1 saturated heterocycles. The molecule has 0 radical (unpaired) electrons. The van der Waals surface area contributed by atoms with Crippen LogP contribution in [0.15, 0.2) is 18.3 Å². The van der Waals surface area contributed by atoms with Crippen molar-refractivity contribution >= 4 is 11.7 Å². The molecule has 3 N–H and O–H groups in total. The highest BCUT2D eigenvalue weighted by atomic mass is 16.1. The summed E-state index contributed by atoms with van der Waals surface area (Å²) in [6.45, 7) is 9.70. The molecule has 21 heavy (non-hydrogen) atoms. The number of carbonyl (C=O) groups excluding carboxylic acids is 1. The fraction of sp³-hybridized carbons (Fsp3) is 0.625. The molecule has 2 rings (SSSR count). The van der Waals surface area contributed by atoms with E-state index in [0.29, 0.717) is 5.56 Å². The summed E-state index contributed by atoms with van der Waals surface area (Å²) in [5.74, 6) is 1.23. The number of anilines is 1. The Kier molecular flexibility index (Phi) is 4.83. The van der Waals surface area contributed by atoms with Gasteiger partial charge in [0.05, 0.1) is 5.56 Å². The van der Waals surface area contributed by atoms with E-state index in [0.717, 1.165) is 31.4 Å². The van der Waals surface area contributed by atoms with Gasteiger partial charge in [0, 0.05) is 24.8 Å². The van der Waals surface area contributed by atoms with Crippen molar-refractivity contribution in [3.8, 4) is 0 Å². The number of pyridine rings is 1. The topological polar surface area (TPSA) is 71.2 Å². The first-order chi connectivity index (χ1) is 9.85. The molecular weight excluding hydrogens is 264 g/mol. The molecule has 1 fully saturated rings. The highest BCUT2D eigenvalue weighted by Gasteiger charge is 2.21. The summed E-state index contributed by atoms with van der Waals surface area (Å²) in [5, 5.41) is 3.58. The minimum Gasteiger partial charge on any atom is -0.366 e. The second-order valence-corrected chi connectivity index (χ2v) is 6.83. The number of nitrogens with zero attached hydrogens (tertiary/aromatic N) is 2. The van der Waals surface area contributed by atoms with E-state index in [1.165, 1.54) is 12.8 Å². The van der Waals surface area contributed by atoms with E-state index < -0.39 is 5.91 Å². The monoisotopic (exact) mass is 290 g/mol. The molecule has 1 aromatic heterocycles. The van der Waals surface area contributed by atoms with Gasteiger partial charge < -0.3 is 16.0 Å². The second-order valence-electron chi connectivity index (χ2n) is 6.83. The molecule has 0 spiro atoms. The molecule has 0 unspecified atom stereocenters. The SMILES string of the molecule is CC(C)(C)NCC1CCN(c2ccc(C(N)=O)cn2)CC1. The Hall–Kier alpha value is -1.62. The summed E-state index contributed by atoms with van der Waals surface area (Å²) in [5.41, 5.74) is 5.87. The van der Waals surface area contributed by atoms with Gasteiger partial charge in [-0.3, -0.25) is 4.79 Å². The zero-order chi connectivity index (χ0) is 15.5. The van der Waals surface area contributed by atoms with Crippen molar-refractivity contribution in [1.29, 1.82) is 0 Å². The number of aromatic nitrogens is 1. The van der Waals surface area contributed by atoms with Gasteiger partial charge >= 0.3 is 0 Å². The molecule has 5 nitrogen and oxygen atoms in total. The summed E-state index contributed by atoms with van der Waals surface area (Å²) < 4.78 is 0. The van der Waals surface area contributed by atoms with Crippen LogP contribution in [0.2, 0.25) is 0 Å². The molecule has 0 aliphatic carbocycles. The lowest BCUT2D eigenvalue weighted by molar-refractivity contribution is 0.1000. The standard InChI is InChI=1S/C16H26N4O/c1-16(2,3)19-10-12-6-8-20(9-7-12)14-5-4-13(11-18-14)15(17)21/h4-5,11-12,19H,6-10H2,1-3H3,(H2,17,21).